The number of morpholine rings is 1. The molecule has 5 heteroatoms. The van der Waals surface area contributed by atoms with E-state index in [0.29, 0.717) is 6.42 Å². The summed E-state index contributed by atoms with van der Waals surface area (Å²) in [5, 5.41) is 0. The van der Waals surface area contributed by atoms with Gasteiger partial charge in [-0.15, -0.1) is 0 Å². The highest BCUT2D eigenvalue weighted by Gasteiger charge is 2.48. The molecule has 1 aliphatic rings. The number of benzene rings is 3. The van der Waals surface area contributed by atoms with Crippen molar-refractivity contribution in [1.82, 2.24) is 4.90 Å². The van der Waals surface area contributed by atoms with Crippen LogP contribution in [0.5, 0.6) is 0 Å². The number of nitrogens with zero attached hydrogens (tertiary/aromatic N) is 1. The van der Waals surface area contributed by atoms with Gasteiger partial charge in [-0.25, -0.2) is 9.59 Å². The van der Waals surface area contributed by atoms with Gasteiger partial charge in [-0.1, -0.05) is 103 Å². The van der Waals surface area contributed by atoms with E-state index in [1.807, 2.05) is 124 Å². The lowest BCUT2D eigenvalue weighted by molar-refractivity contribution is -0.174. The van der Waals surface area contributed by atoms with Crippen LogP contribution in [0.15, 0.2) is 97.1 Å². The van der Waals surface area contributed by atoms with Crippen LogP contribution in [0.4, 0.5) is 4.79 Å². The molecular weight excluding hydrogens is 438 g/mol. The van der Waals surface area contributed by atoms with Crippen LogP contribution in [-0.4, -0.2) is 28.6 Å². The highest BCUT2D eigenvalue weighted by Crippen LogP contribution is 2.43. The van der Waals surface area contributed by atoms with Crippen molar-refractivity contribution in [3.63, 3.8) is 0 Å². The van der Waals surface area contributed by atoms with E-state index in [4.69, 9.17) is 9.47 Å². The number of hydrogen-bond acceptors (Lipinski definition) is 4. The van der Waals surface area contributed by atoms with Crippen LogP contribution in [0.1, 0.15) is 56.0 Å². The summed E-state index contributed by atoms with van der Waals surface area (Å²) in [5.41, 5.74) is 1.99. The van der Waals surface area contributed by atoms with Crippen molar-refractivity contribution in [2.24, 2.45) is 0 Å². The lowest BCUT2D eigenvalue weighted by Gasteiger charge is -2.45. The second-order valence-electron chi connectivity index (χ2n) is 9.58. The monoisotopic (exact) mass is 469 g/mol. The standard InChI is InChI=1S/C30H31NO4/c1-30(2,3)35-29(33)31-25(21-13-16-22-14-7-4-8-15-22)28(32)34-27(24-19-11-6-12-20-24)26(31)23-17-9-5-10-18-23/h4-20,25-27H,21H2,1-3H3/b16-13+. The fourth-order valence-corrected chi connectivity index (χ4v) is 4.26. The first-order valence-corrected chi connectivity index (χ1v) is 11.9. The van der Waals surface area contributed by atoms with Gasteiger partial charge in [0.15, 0.2) is 6.10 Å². The maximum atomic E-state index is 13.6. The van der Waals surface area contributed by atoms with E-state index >= 15 is 0 Å². The summed E-state index contributed by atoms with van der Waals surface area (Å²) in [6.07, 6.45) is 2.96. The summed E-state index contributed by atoms with van der Waals surface area (Å²) in [5.74, 6) is -0.449. The predicted octanol–water partition coefficient (Wildman–Crippen LogP) is 6.74. The van der Waals surface area contributed by atoms with E-state index in [0.717, 1.165) is 16.7 Å². The molecule has 0 spiro atoms. The number of esters is 1. The van der Waals surface area contributed by atoms with E-state index < -0.39 is 35.9 Å². The highest BCUT2D eigenvalue weighted by atomic mass is 16.6. The molecule has 0 saturated carbocycles. The Hall–Kier alpha value is -3.86. The average molecular weight is 470 g/mol. The highest BCUT2D eigenvalue weighted by molar-refractivity contribution is 5.84. The van der Waals surface area contributed by atoms with Crippen LogP contribution >= 0.6 is 0 Å². The Morgan fingerprint density at radius 3 is 2.00 bits per heavy atom. The van der Waals surface area contributed by atoms with Crippen molar-refractivity contribution in [2.75, 3.05) is 0 Å². The van der Waals surface area contributed by atoms with Gasteiger partial charge in [0.2, 0.25) is 0 Å². The molecule has 1 heterocycles. The molecule has 1 saturated heterocycles. The van der Waals surface area contributed by atoms with Crippen molar-refractivity contribution >= 4 is 18.1 Å². The molecule has 5 nitrogen and oxygen atoms in total. The summed E-state index contributed by atoms with van der Waals surface area (Å²) >= 11 is 0. The molecule has 0 aromatic heterocycles. The van der Waals surface area contributed by atoms with Crippen LogP contribution in [-0.2, 0) is 14.3 Å². The Kier molecular flexibility index (Phi) is 7.35. The van der Waals surface area contributed by atoms with Crippen LogP contribution in [0.2, 0.25) is 0 Å². The Labute approximate surface area is 207 Å². The molecule has 180 valence electrons. The normalized spacial score (nSPS) is 20.5. The molecule has 1 amide bonds. The number of carbonyl (C=O) groups excluding carboxylic acids is 2. The number of cyclic esters (lactones) is 1. The Morgan fingerprint density at radius 2 is 1.43 bits per heavy atom. The lowest BCUT2D eigenvalue weighted by atomic mass is 9.90. The summed E-state index contributed by atoms with van der Waals surface area (Å²) in [7, 11) is 0. The topological polar surface area (TPSA) is 55.8 Å². The Bertz CT molecular complexity index is 1150. The molecule has 0 bridgehead atoms. The van der Waals surface area contributed by atoms with Gasteiger partial charge in [-0.2, -0.15) is 0 Å². The summed E-state index contributed by atoms with van der Waals surface area (Å²) < 4.78 is 11.9. The van der Waals surface area contributed by atoms with Gasteiger partial charge >= 0.3 is 12.1 Å². The first-order chi connectivity index (χ1) is 16.8. The molecule has 1 aliphatic heterocycles. The maximum absolute atomic E-state index is 13.6. The van der Waals surface area contributed by atoms with E-state index in [-0.39, 0.29) is 0 Å². The zero-order chi connectivity index (χ0) is 24.8. The number of rotatable bonds is 5. The minimum absolute atomic E-state index is 0.303. The fourth-order valence-electron chi connectivity index (χ4n) is 4.26. The van der Waals surface area contributed by atoms with Gasteiger partial charge in [0.1, 0.15) is 17.7 Å². The largest absolute Gasteiger partial charge is 0.453 e. The van der Waals surface area contributed by atoms with Crippen LogP contribution in [0.3, 0.4) is 0 Å². The second-order valence-corrected chi connectivity index (χ2v) is 9.58. The number of amides is 1. The van der Waals surface area contributed by atoms with Gasteiger partial charge in [0, 0.05) is 0 Å². The third-order valence-electron chi connectivity index (χ3n) is 5.78. The Morgan fingerprint density at radius 1 is 0.886 bits per heavy atom. The zero-order valence-corrected chi connectivity index (χ0v) is 20.3. The predicted molar refractivity (Wildman–Crippen MR) is 136 cm³/mol. The maximum Gasteiger partial charge on any atom is 0.411 e. The molecule has 3 aromatic carbocycles. The van der Waals surface area contributed by atoms with Crippen LogP contribution in [0, 0.1) is 0 Å². The number of ether oxygens (including phenoxy) is 2. The van der Waals surface area contributed by atoms with Gasteiger partial charge in [-0.3, -0.25) is 4.90 Å². The molecule has 3 atom stereocenters. The molecule has 0 aliphatic carbocycles. The first-order valence-electron chi connectivity index (χ1n) is 11.9. The number of carbonyl (C=O) groups is 2. The van der Waals surface area contributed by atoms with Crippen molar-refractivity contribution in [1.29, 1.82) is 0 Å². The van der Waals surface area contributed by atoms with Gasteiger partial charge in [0.25, 0.3) is 0 Å². The SMILES string of the molecule is CC(C)(C)OC(=O)N1C(C/C=C/c2ccccc2)C(=O)OC(c2ccccc2)C1c1ccccc1. The lowest BCUT2D eigenvalue weighted by Crippen LogP contribution is -2.55. The molecular formula is C30H31NO4. The summed E-state index contributed by atoms with van der Waals surface area (Å²) in [6, 6.07) is 27.7. The minimum atomic E-state index is -0.824. The van der Waals surface area contributed by atoms with E-state index in [2.05, 4.69) is 0 Å². The van der Waals surface area contributed by atoms with Gasteiger partial charge in [0.05, 0.1) is 0 Å². The van der Waals surface area contributed by atoms with Crippen molar-refractivity contribution in [3.05, 3.63) is 114 Å². The van der Waals surface area contributed by atoms with Gasteiger partial charge in [-0.05, 0) is 43.9 Å². The van der Waals surface area contributed by atoms with Crippen LogP contribution < -0.4 is 0 Å². The van der Waals surface area contributed by atoms with Gasteiger partial charge < -0.3 is 9.47 Å². The molecule has 0 radical (unpaired) electrons. The average Bonchev–Trinajstić information content (AvgIpc) is 2.85. The fraction of sp³-hybridized carbons (Fsp3) is 0.267. The smallest absolute Gasteiger partial charge is 0.411 e. The minimum Gasteiger partial charge on any atom is -0.453 e. The molecule has 1 fully saturated rings. The molecule has 0 N–H and O–H groups in total. The quantitative estimate of drug-likeness (QED) is 0.389. The third-order valence-corrected chi connectivity index (χ3v) is 5.78. The van der Waals surface area contributed by atoms with Crippen molar-refractivity contribution < 1.29 is 19.1 Å². The third kappa shape index (κ3) is 5.99. The van der Waals surface area contributed by atoms with Crippen molar-refractivity contribution in [2.45, 2.75) is 51.0 Å². The molecule has 35 heavy (non-hydrogen) atoms. The second kappa shape index (κ2) is 10.6. The first kappa shape index (κ1) is 24.3. The van der Waals surface area contributed by atoms with E-state index in [1.54, 1.807) is 4.90 Å². The van der Waals surface area contributed by atoms with Crippen LogP contribution in [0.25, 0.3) is 6.08 Å². The Balaban J connectivity index is 1.76. The molecule has 3 aromatic rings. The van der Waals surface area contributed by atoms with E-state index in [1.165, 1.54) is 0 Å². The summed E-state index contributed by atoms with van der Waals surface area (Å²) in [4.78, 5) is 28.6. The number of hydrogen-bond donors (Lipinski definition) is 0. The molecule has 3 unspecified atom stereocenters. The van der Waals surface area contributed by atoms with Crippen molar-refractivity contribution in [3.8, 4) is 0 Å². The van der Waals surface area contributed by atoms with E-state index in [9.17, 15) is 9.59 Å². The zero-order valence-electron chi connectivity index (χ0n) is 20.3. The molecule has 4 rings (SSSR count). The summed E-state index contributed by atoms with van der Waals surface area (Å²) in [6.45, 7) is 5.47.